The van der Waals surface area contributed by atoms with Crippen molar-refractivity contribution < 1.29 is 19.7 Å². The SMILES string of the molecule is C#CCC(O)COc1c(Cl)cc(Cc2cc(Cl)c(OCCCO)c(Cl)c2)cc1Cl. The third-order valence-electron chi connectivity index (χ3n) is 3.85. The fourth-order valence-corrected chi connectivity index (χ4v) is 3.84. The Morgan fingerprint density at radius 1 is 0.897 bits per heavy atom. The molecule has 2 aromatic carbocycles. The molecule has 1 atom stereocenters. The summed E-state index contributed by atoms with van der Waals surface area (Å²) in [5.74, 6) is 3.03. The van der Waals surface area contributed by atoms with Gasteiger partial charge in [-0.25, -0.2) is 0 Å². The fraction of sp³-hybridized carbons (Fsp3) is 0.333. The lowest BCUT2D eigenvalue weighted by atomic mass is 10.0. The number of ether oxygens (including phenoxy) is 2. The first-order valence-corrected chi connectivity index (χ1v) is 10.3. The molecule has 2 N–H and O–H groups in total. The maximum Gasteiger partial charge on any atom is 0.156 e. The highest BCUT2D eigenvalue weighted by Crippen LogP contribution is 2.37. The highest BCUT2D eigenvalue weighted by atomic mass is 35.5. The van der Waals surface area contributed by atoms with Crippen LogP contribution in [0.3, 0.4) is 0 Å². The summed E-state index contributed by atoms with van der Waals surface area (Å²) < 4.78 is 11.0. The van der Waals surface area contributed by atoms with Gasteiger partial charge in [0, 0.05) is 19.4 Å². The van der Waals surface area contributed by atoms with Gasteiger partial charge in [-0.05, 0) is 41.8 Å². The van der Waals surface area contributed by atoms with E-state index in [1.54, 1.807) is 24.3 Å². The molecular formula is C21H20Cl4O4. The number of hydrogen-bond donors (Lipinski definition) is 2. The fourth-order valence-electron chi connectivity index (χ4n) is 2.55. The largest absolute Gasteiger partial charge is 0.490 e. The van der Waals surface area contributed by atoms with Gasteiger partial charge in [0.15, 0.2) is 11.5 Å². The second-order valence-electron chi connectivity index (χ2n) is 6.25. The average molecular weight is 478 g/mol. The Kier molecular flexibility index (Phi) is 9.71. The summed E-state index contributed by atoms with van der Waals surface area (Å²) in [4.78, 5) is 0. The van der Waals surface area contributed by atoms with Crippen LogP contribution in [0.2, 0.25) is 20.1 Å². The molecule has 2 rings (SSSR count). The standard InChI is InChI=1S/C21H20Cl4O4/c1-2-4-15(27)12-29-21-18(24)10-14(11-19(21)25)7-13-8-16(22)20(17(23)9-13)28-6-3-5-26/h1,8-11,15,26-27H,3-7,12H2. The Hall–Kier alpha value is -1.32. The molecular weight excluding hydrogens is 458 g/mol. The van der Waals surface area contributed by atoms with E-state index in [-0.39, 0.29) is 25.4 Å². The van der Waals surface area contributed by atoms with Crippen molar-refractivity contribution in [3.8, 4) is 23.8 Å². The minimum Gasteiger partial charge on any atom is -0.490 e. The molecule has 1 unspecified atom stereocenters. The second kappa shape index (κ2) is 11.8. The number of hydrogen-bond acceptors (Lipinski definition) is 4. The normalized spacial score (nSPS) is 11.8. The van der Waals surface area contributed by atoms with Crippen LogP contribution in [-0.4, -0.2) is 36.1 Å². The second-order valence-corrected chi connectivity index (χ2v) is 7.88. The Bertz CT molecular complexity index is 833. The lowest BCUT2D eigenvalue weighted by molar-refractivity contribution is 0.112. The Labute approximate surface area is 190 Å². The van der Waals surface area contributed by atoms with Gasteiger partial charge in [0.25, 0.3) is 0 Å². The van der Waals surface area contributed by atoms with E-state index in [2.05, 4.69) is 5.92 Å². The van der Waals surface area contributed by atoms with E-state index in [1.807, 2.05) is 0 Å². The van der Waals surface area contributed by atoms with Crippen molar-refractivity contribution in [1.82, 2.24) is 0 Å². The maximum atomic E-state index is 9.68. The molecule has 0 saturated heterocycles. The summed E-state index contributed by atoms with van der Waals surface area (Å²) in [7, 11) is 0. The number of aliphatic hydroxyl groups excluding tert-OH is 2. The zero-order chi connectivity index (χ0) is 21.4. The zero-order valence-corrected chi connectivity index (χ0v) is 18.5. The quantitative estimate of drug-likeness (QED) is 0.354. The molecule has 29 heavy (non-hydrogen) atoms. The number of terminal acetylenes is 1. The first kappa shape index (κ1) is 24.0. The molecule has 0 aliphatic rings. The molecule has 2 aromatic rings. The topological polar surface area (TPSA) is 58.9 Å². The van der Waals surface area contributed by atoms with Crippen LogP contribution >= 0.6 is 46.4 Å². The highest BCUT2D eigenvalue weighted by Gasteiger charge is 2.14. The minimum absolute atomic E-state index is 0.00799. The minimum atomic E-state index is -0.797. The van der Waals surface area contributed by atoms with Crippen molar-refractivity contribution in [2.24, 2.45) is 0 Å². The van der Waals surface area contributed by atoms with E-state index < -0.39 is 6.10 Å². The first-order chi connectivity index (χ1) is 13.8. The monoisotopic (exact) mass is 476 g/mol. The number of halogens is 4. The summed E-state index contributed by atoms with van der Waals surface area (Å²) in [6.07, 6.45) is 5.50. The first-order valence-electron chi connectivity index (χ1n) is 8.79. The van der Waals surface area contributed by atoms with Gasteiger partial charge in [-0.1, -0.05) is 46.4 Å². The predicted molar refractivity (Wildman–Crippen MR) is 118 cm³/mol. The Balaban J connectivity index is 2.13. The third-order valence-corrected chi connectivity index (χ3v) is 4.97. The summed E-state index contributed by atoms with van der Waals surface area (Å²) in [6.45, 7) is 0.335. The van der Waals surface area contributed by atoms with E-state index in [9.17, 15) is 5.11 Å². The van der Waals surface area contributed by atoms with E-state index in [0.717, 1.165) is 11.1 Å². The Morgan fingerprint density at radius 3 is 1.83 bits per heavy atom. The van der Waals surface area contributed by atoms with E-state index in [1.165, 1.54) is 0 Å². The number of benzene rings is 2. The van der Waals surface area contributed by atoms with Crippen LogP contribution in [0.5, 0.6) is 11.5 Å². The van der Waals surface area contributed by atoms with Gasteiger partial charge < -0.3 is 19.7 Å². The van der Waals surface area contributed by atoms with Crippen LogP contribution in [0, 0.1) is 12.3 Å². The molecule has 0 aliphatic heterocycles. The molecule has 8 heteroatoms. The van der Waals surface area contributed by atoms with Crippen molar-refractivity contribution in [2.75, 3.05) is 19.8 Å². The lowest BCUT2D eigenvalue weighted by Gasteiger charge is -2.15. The van der Waals surface area contributed by atoms with Gasteiger partial charge in [0.1, 0.15) is 6.61 Å². The maximum absolute atomic E-state index is 9.68. The molecule has 0 saturated carbocycles. The summed E-state index contributed by atoms with van der Waals surface area (Å²) in [6, 6.07) is 6.96. The molecule has 0 amide bonds. The van der Waals surface area contributed by atoms with Gasteiger partial charge in [-0.3, -0.25) is 0 Å². The van der Waals surface area contributed by atoms with Crippen LogP contribution in [0.15, 0.2) is 24.3 Å². The van der Waals surface area contributed by atoms with Gasteiger partial charge >= 0.3 is 0 Å². The van der Waals surface area contributed by atoms with Crippen molar-refractivity contribution in [3.63, 3.8) is 0 Å². The molecule has 0 aromatic heterocycles. The predicted octanol–water partition coefficient (Wildman–Crippen LogP) is 5.42. The van der Waals surface area contributed by atoms with Gasteiger partial charge in [-0.2, -0.15) is 0 Å². The molecule has 0 fully saturated rings. The molecule has 0 bridgehead atoms. The highest BCUT2D eigenvalue weighted by molar-refractivity contribution is 6.38. The van der Waals surface area contributed by atoms with Crippen LogP contribution in [0.25, 0.3) is 0 Å². The lowest BCUT2D eigenvalue weighted by Crippen LogP contribution is -2.17. The van der Waals surface area contributed by atoms with Crippen LogP contribution < -0.4 is 9.47 Å². The van der Waals surface area contributed by atoms with Crippen LogP contribution in [0.4, 0.5) is 0 Å². The van der Waals surface area contributed by atoms with E-state index in [0.29, 0.717) is 45.3 Å². The molecule has 0 heterocycles. The molecule has 156 valence electrons. The number of rotatable bonds is 10. The third kappa shape index (κ3) is 7.15. The van der Waals surface area contributed by atoms with Crippen LogP contribution in [-0.2, 0) is 6.42 Å². The smallest absolute Gasteiger partial charge is 0.156 e. The summed E-state index contributed by atoms with van der Waals surface area (Å²) >= 11 is 25.2. The van der Waals surface area contributed by atoms with Crippen molar-refractivity contribution in [2.45, 2.75) is 25.4 Å². The molecule has 4 nitrogen and oxygen atoms in total. The van der Waals surface area contributed by atoms with Gasteiger partial charge in [-0.15, -0.1) is 12.3 Å². The zero-order valence-electron chi connectivity index (χ0n) is 15.4. The van der Waals surface area contributed by atoms with Crippen molar-refractivity contribution >= 4 is 46.4 Å². The summed E-state index contributed by atoms with van der Waals surface area (Å²) in [5, 5.41) is 19.9. The van der Waals surface area contributed by atoms with E-state index >= 15 is 0 Å². The van der Waals surface area contributed by atoms with Crippen molar-refractivity contribution in [3.05, 3.63) is 55.5 Å². The molecule has 0 aliphatic carbocycles. The Morgan fingerprint density at radius 2 is 1.38 bits per heavy atom. The van der Waals surface area contributed by atoms with Gasteiger partial charge in [0.05, 0.1) is 32.8 Å². The molecule has 0 radical (unpaired) electrons. The van der Waals surface area contributed by atoms with E-state index in [4.69, 9.17) is 67.4 Å². The average Bonchev–Trinajstić information content (AvgIpc) is 2.63. The van der Waals surface area contributed by atoms with Crippen molar-refractivity contribution in [1.29, 1.82) is 0 Å². The molecule has 0 spiro atoms. The number of aliphatic hydroxyl groups is 2. The van der Waals surface area contributed by atoms with Crippen LogP contribution in [0.1, 0.15) is 24.0 Å². The summed E-state index contributed by atoms with van der Waals surface area (Å²) in [5.41, 5.74) is 1.68. The van der Waals surface area contributed by atoms with Gasteiger partial charge in [0.2, 0.25) is 0 Å².